The van der Waals surface area contributed by atoms with Crippen molar-refractivity contribution in [2.24, 2.45) is 0 Å². The minimum atomic E-state index is -3.88. The van der Waals surface area contributed by atoms with Gasteiger partial charge in [-0.3, -0.25) is 9.48 Å². The Morgan fingerprint density at radius 3 is 2.50 bits per heavy atom. The molecule has 2 rings (SSSR count). The number of amides is 1. The maximum absolute atomic E-state index is 12.7. The molecular formula is C20H28Cl2N4O3S. The van der Waals surface area contributed by atoms with E-state index in [1.165, 1.54) is 12.1 Å². The van der Waals surface area contributed by atoms with Crippen LogP contribution in [0.15, 0.2) is 23.1 Å². The molecule has 7 nitrogen and oxygen atoms in total. The van der Waals surface area contributed by atoms with Crippen LogP contribution in [0.3, 0.4) is 0 Å². The van der Waals surface area contributed by atoms with Crippen molar-refractivity contribution in [3.8, 4) is 0 Å². The van der Waals surface area contributed by atoms with Crippen LogP contribution < -0.4 is 10.0 Å². The van der Waals surface area contributed by atoms with Crippen molar-refractivity contribution in [1.29, 1.82) is 0 Å². The third-order valence-electron chi connectivity index (χ3n) is 4.57. The summed E-state index contributed by atoms with van der Waals surface area (Å²) in [6.07, 6.45) is 2.19. The molecule has 0 spiro atoms. The van der Waals surface area contributed by atoms with E-state index in [0.29, 0.717) is 25.9 Å². The van der Waals surface area contributed by atoms with Gasteiger partial charge in [0.25, 0.3) is 5.91 Å². The molecule has 166 valence electrons. The summed E-state index contributed by atoms with van der Waals surface area (Å²) in [5.74, 6) is -0.455. The van der Waals surface area contributed by atoms with Gasteiger partial charge in [-0.05, 0) is 51.8 Å². The van der Waals surface area contributed by atoms with Gasteiger partial charge in [-0.1, -0.05) is 36.5 Å². The third-order valence-corrected chi connectivity index (χ3v) is 6.94. The molecule has 1 heterocycles. The predicted molar refractivity (Wildman–Crippen MR) is 120 cm³/mol. The van der Waals surface area contributed by atoms with Crippen LogP contribution in [-0.2, 0) is 16.6 Å². The van der Waals surface area contributed by atoms with Crippen LogP contribution in [-0.4, -0.2) is 36.7 Å². The van der Waals surface area contributed by atoms with E-state index in [1.807, 2.05) is 31.5 Å². The first-order chi connectivity index (χ1) is 14.0. The lowest BCUT2D eigenvalue weighted by atomic mass is 10.2. The number of rotatable bonds is 10. The first kappa shape index (κ1) is 24.7. The van der Waals surface area contributed by atoms with Crippen molar-refractivity contribution in [2.75, 3.05) is 6.54 Å². The van der Waals surface area contributed by atoms with E-state index in [1.54, 1.807) is 6.92 Å². The molecule has 1 aromatic heterocycles. The van der Waals surface area contributed by atoms with E-state index in [9.17, 15) is 13.2 Å². The minimum absolute atomic E-state index is 0.0303. The first-order valence-electron chi connectivity index (χ1n) is 9.85. The summed E-state index contributed by atoms with van der Waals surface area (Å²) in [6, 6.07) is 4.25. The summed E-state index contributed by atoms with van der Waals surface area (Å²) >= 11 is 12.3. The number of nitrogens with one attached hydrogen (secondary N) is 2. The van der Waals surface area contributed by atoms with Crippen LogP contribution in [0.5, 0.6) is 0 Å². The molecule has 0 aliphatic heterocycles. The lowest BCUT2D eigenvalue weighted by molar-refractivity contribution is 0.0952. The topological polar surface area (TPSA) is 93.1 Å². The van der Waals surface area contributed by atoms with Crippen LogP contribution in [0.1, 0.15) is 54.9 Å². The van der Waals surface area contributed by atoms with Crippen LogP contribution in [0, 0.1) is 13.8 Å². The van der Waals surface area contributed by atoms with Crippen molar-refractivity contribution in [2.45, 2.75) is 64.4 Å². The number of aryl methyl sites for hydroxylation is 3. The largest absolute Gasteiger partial charge is 0.352 e. The molecule has 0 radical (unpaired) electrons. The summed E-state index contributed by atoms with van der Waals surface area (Å²) < 4.78 is 29.9. The molecule has 0 aliphatic carbocycles. The Kier molecular flexibility index (Phi) is 8.73. The predicted octanol–water partition coefficient (Wildman–Crippen LogP) is 4.09. The van der Waals surface area contributed by atoms with E-state index in [2.05, 4.69) is 15.1 Å². The van der Waals surface area contributed by atoms with E-state index in [0.717, 1.165) is 17.8 Å². The van der Waals surface area contributed by atoms with E-state index < -0.39 is 15.9 Å². The number of benzene rings is 1. The third kappa shape index (κ3) is 6.44. The normalized spacial score (nSPS) is 12.7. The number of carbonyl (C=O) groups is 1. The van der Waals surface area contributed by atoms with E-state index in [4.69, 9.17) is 23.2 Å². The standard InChI is InChI=1S/C20H28Cl2N4O3S/c1-5-7-13(2)25-30(28,29)19-11-16(17(21)12-18(19)22)20(27)23-8-6-9-26-15(4)10-14(3)24-26/h10-13,25H,5-9H2,1-4H3,(H,23,27). The summed E-state index contributed by atoms with van der Waals surface area (Å²) in [4.78, 5) is 12.4. The SMILES string of the molecule is CCCC(C)NS(=O)(=O)c1cc(C(=O)NCCCn2nc(C)cc2C)c(Cl)cc1Cl. The van der Waals surface area contributed by atoms with Crippen molar-refractivity contribution in [3.05, 3.63) is 45.2 Å². The maximum Gasteiger partial charge on any atom is 0.252 e. The Morgan fingerprint density at radius 1 is 1.20 bits per heavy atom. The molecule has 1 amide bonds. The number of halogens is 2. The number of hydrogen-bond acceptors (Lipinski definition) is 4. The molecule has 0 saturated heterocycles. The van der Waals surface area contributed by atoms with Gasteiger partial charge in [0.15, 0.2) is 0 Å². The fraction of sp³-hybridized carbons (Fsp3) is 0.500. The van der Waals surface area contributed by atoms with Gasteiger partial charge in [0.1, 0.15) is 4.90 Å². The Hall–Kier alpha value is -1.61. The van der Waals surface area contributed by atoms with Crippen molar-refractivity contribution in [3.63, 3.8) is 0 Å². The van der Waals surface area contributed by atoms with Crippen molar-refractivity contribution in [1.82, 2.24) is 19.8 Å². The van der Waals surface area contributed by atoms with Gasteiger partial charge in [-0.25, -0.2) is 13.1 Å². The fourth-order valence-electron chi connectivity index (χ4n) is 3.16. The smallest absolute Gasteiger partial charge is 0.252 e. The van der Waals surface area contributed by atoms with Crippen LogP contribution in [0.2, 0.25) is 10.0 Å². The van der Waals surface area contributed by atoms with Crippen LogP contribution >= 0.6 is 23.2 Å². The lowest BCUT2D eigenvalue weighted by Gasteiger charge is -2.15. The molecule has 30 heavy (non-hydrogen) atoms. The summed E-state index contributed by atoms with van der Waals surface area (Å²) in [7, 11) is -3.88. The Labute approximate surface area is 188 Å². The molecule has 0 bridgehead atoms. The second-order valence-electron chi connectivity index (χ2n) is 7.33. The minimum Gasteiger partial charge on any atom is -0.352 e. The average molecular weight is 475 g/mol. The highest BCUT2D eigenvalue weighted by molar-refractivity contribution is 7.89. The van der Waals surface area contributed by atoms with Gasteiger partial charge < -0.3 is 5.32 Å². The molecular weight excluding hydrogens is 447 g/mol. The number of sulfonamides is 1. The van der Waals surface area contributed by atoms with E-state index >= 15 is 0 Å². The lowest BCUT2D eigenvalue weighted by Crippen LogP contribution is -2.33. The van der Waals surface area contributed by atoms with Gasteiger partial charge in [0.05, 0.1) is 21.3 Å². The zero-order valence-electron chi connectivity index (χ0n) is 17.6. The maximum atomic E-state index is 12.7. The molecule has 0 saturated carbocycles. The molecule has 2 N–H and O–H groups in total. The number of aromatic nitrogens is 2. The van der Waals surface area contributed by atoms with Gasteiger partial charge in [0, 0.05) is 24.8 Å². The highest BCUT2D eigenvalue weighted by Crippen LogP contribution is 2.29. The quantitative estimate of drug-likeness (QED) is 0.506. The summed E-state index contributed by atoms with van der Waals surface area (Å²) in [5, 5.41) is 7.22. The second-order valence-corrected chi connectivity index (χ2v) is 9.83. The molecule has 0 fully saturated rings. The molecule has 2 aromatic rings. The van der Waals surface area contributed by atoms with E-state index in [-0.39, 0.29) is 26.5 Å². The highest BCUT2D eigenvalue weighted by Gasteiger charge is 2.24. The monoisotopic (exact) mass is 474 g/mol. The van der Waals surface area contributed by atoms with Crippen molar-refractivity contribution < 1.29 is 13.2 Å². The number of carbonyl (C=O) groups excluding carboxylic acids is 1. The van der Waals surface area contributed by atoms with Gasteiger partial charge >= 0.3 is 0 Å². The van der Waals surface area contributed by atoms with Gasteiger partial charge in [-0.2, -0.15) is 5.10 Å². The molecule has 1 atom stereocenters. The zero-order chi connectivity index (χ0) is 22.5. The van der Waals surface area contributed by atoms with Gasteiger partial charge in [-0.15, -0.1) is 0 Å². The van der Waals surface area contributed by atoms with Gasteiger partial charge in [0.2, 0.25) is 10.0 Å². The van der Waals surface area contributed by atoms with Crippen LogP contribution in [0.4, 0.5) is 0 Å². The number of nitrogens with zero attached hydrogens (tertiary/aromatic N) is 2. The Balaban J connectivity index is 2.08. The number of hydrogen-bond donors (Lipinski definition) is 2. The molecule has 10 heteroatoms. The zero-order valence-corrected chi connectivity index (χ0v) is 20.0. The Morgan fingerprint density at radius 2 is 1.90 bits per heavy atom. The summed E-state index contributed by atoms with van der Waals surface area (Å²) in [5.41, 5.74) is 2.06. The summed E-state index contributed by atoms with van der Waals surface area (Å²) in [6.45, 7) is 8.70. The first-order valence-corrected chi connectivity index (χ1v) is 12.1. The highest BCUT2D eigenvalue weighted by atomic mass is 35.5. The molecule has 1 unspecified atom stereocenters. The second kappa shape index (κ2) is 10.6. The molecule has 1 aromatic carbocycles. The molecule has 0 aliphatic rings. The average Bonchev–Trinajstić information content (AvgIpc) is 2.95. The fourth-order valence-corrected chi connectivity index (χ4v) is 5.29. The Bertz CT molecular complexity index is 1010. The van der Waals surface area contributed by atoms with Crippen molar-refractivity contribution >= 4 is 39.1 Å². The van der Waals surface area contributed by atoms with Crippen LogP contribution in [0.25, 0.3) is 0 Å².